The van der Waals surface area contributed by atoms with Gasteiger partial charge in [0.15, 0.2) is 0 Å². The zero-order valence-corrected chi connectivity index (χ0v) is 11.5. The molecule has 1 aromatic heterocycles. The lowest BCUT2D eigenvalue weighted by atomic mass is 9.99. The third-order valence-electron chi connectivity index (χ3n) is 2.65. The Labute approximate surface area is 104 Å². The number of hydrogen-bond donors (Lipinski definition) is 1. The van der Waals surface area contributed by atoms with Crippen molar-refractivity contribution < 1.29 is 4.74 Å². The second-order valence-electron chi connectivity index (χ2n) is 4.84. The topological polar surface area (TPSA) is 47.0 Å². The number of nitrogens with one attached hydrogen (secondary N) is 1. The average molecular weight is 237 g/mol. The second-order valence-corrected chi connectivity index (χ2v) is 4.84. The predicted molar refractivity (Wildman–Crippen MR) is 70.5 cm³/mol. The van der Waals surface area contributed by atoms with Crippen LogP contribution in [0.4, 0.5) is 5.82 Å². The largest absolute Gasteiger partial charge is 0.478 e. The Morgan fingerprint density at radius 1 is 1.29 bits per heavy atom. The van der Waals surface area contributed by atoms with Crippen LogP contribution in [-0.4, -0.2) is 22.1 Å². The summed E-state index contributed by atoms with van der Waals surface area (Å²) in [7, 11) is 0. The third kappa shape index (κ3) is 3.88. The second kappa shape index (κ2) is 5.84. The van der Waals surface area contributed by atoms with Crippen LogP contribution in [0.1, 0.15) is 46.1 Å². The molecule has 96 valence electrons. The molecule has 1 heterocycles. The lowest BCUT2D eigenvalue weighted by Gasteiger charge is -2.27. The summed E-state index contributed by atoms with van der Waals surface area (Å²) < 4.78 is 5.46. The van der Waals surface area contributed by atoms with Gasteiger partial charge in [-0.3, -0.25) is 0 Å². The molecule has 4 nitrogen and oxygen atoms in total. The van der Waals surface area contributed by atoms with Gasteiger partial charge in [0.1, 0.15) is 12.1 Å². The Balaban J connectivity index is 2.87. The van der Waals surface area contributed by atoms with Gasteiger partial charge in [0.2, 0.25) is 5.88 Å². The van der Waals surface area contributed by atoms with Gasteiger partial charge in [0.25, 0.3) is 0 Å². The molecule has 0 fully saturated rings. The lowest BCUT2D eigenvalue weighted by molar-refractivity contribution is 0.323. The van der Waals surface area contributed by atoms with Crippen molar-refractivity contribution in [1.82, 2.24) is 9.97 Å². The van der Waals surface area contributed by atoms with Crippen LogP contribution in [0.15, 0.2) is 6.33 Å². The Kier molecular flexibility index (Phi) is 4.73. The summed E-state index contributed by atoms with van der Waals surface area (Å²) in [6.07, 6.45) is 3.78. The average Bonchev–Trinajstić information content (AvgIpc) is 2.24. The van der Waals surface area contributed by atoms with Crippen LogP contribution < -0.4 is 10.1 Å². The molecule has 0 aromatic carbocycles. The van der Waals surface area contributed by atoms with E-state index in [4.69, 9.17) is 4.74 Å². The van der Waals surface area contributed by atoms with Crippen molar-refractivity contribution in [3.8, 4) is 5.88 Å². The van der Waals surface area contributed by atoms with E-state index in [-0.39, 0.29) is 5.54 Å². The standard InChI is InChI=1S/C13H23N3O/c1-6-8-13(4,5)16-11-10(3)12(17-7-2)15-9-14-11/h9H,6-8H2,1-5H3,(H,14,15,16). The smallest absolute Gasteiger partial charge is 0.221 e. The summed E-state index contributed by atoms with van der Waals surface area (Å²) in [4.78, 5) is 8.42. The first-order valence-electron chi connectivity index (χ1n) is 6.22. The molecule has 0 saturated heterocycles. The molecular formula is C13H23N3O. The zero-order valence-electron chi connectivity index (χ0n) is 11.5. The summed E-state index contributed by atoms with van der Waals surface area (Å²) >= 11 is 0. The molecule has 0 bridgehead atoms. The van der Waals surface area contributed by atoms with Crippen molar-refractivity contribution >= 4 is 5.82 Å². The monoisotopic (exact) mass is 237 g/mol. The van der Waals surface area contributed by atoms with E-state index in [0.29, 0.717) is 12.5 Å². The first-order valence-corrected chi connectivity index (χ1v) is 6.22. The van der Waals surface area contributed by atoms with Crippen LogP contribution in [0.25, 0.3) is 0 Å². The fourth-order valence-electron chi connectivity index (χ4n) is 1.85. The van der Waals surface area contributed by atoms with E-state index < -0.39 is 0 Å². The molecule has 1 aromatic rings. The van der Waals surface area contributed by atoms with Gasteiger partial charge in [0.05, 0.1) is 12.2 Å². The molecule has 0 aliphatic carbocycles. The number of rotatable bonds is 6. The maximum absolute atomic E-state index is 5.46. The highest BCUT2D eigenvalue weighted by atomic mass is 16.5. The van der Waals surface area contributed by atoms with Gasteiger partial charge in [-0.2, -0.15) is 0 Å². The minimum absolute atomic E-state index is 0.0390. The Bertz CT molecular complexity index is 364. The van der Waals surface area contributed by atoms with Gasteiger partial charge in [-0.25, -0.2) is 9.97 Å². The predicted octanol–water partition coefficient (Wildman–Crippen LogP) is 3.17. The normalized spacial score (nSPS) is 11.4. The van der Waals surface area contributed by atoms with Gasteiger partial charge in [-0.15, -0.1) is 0 Å². The number of ether oxygens (including phenoxy) is 1. The minimum Gasteiger partial charge on any atom is -0.478 e. The molecule has 0 atom stereocenters. The maximum Gasteiger partial charge on any atom is 0.221 e. The molecule has 1 rings (SSSR count). The summed E-state index contributed by atoms with van der Waals surface area (Å²) in [6.45, 7) is 11.1. The van der Waals surface area contributed by atoms with Crippen LogP contribution in [0, 0.1) is 6.92 Å². The van der Waals surface area contributed by atoms with Crippen LogP contribution >= 0.6 is 0 Å². The quantitative estimate of drug-likeness (QED) is 0.825. The fraction of sp³-hybridized carbons (Fsp3) is 0.692. The highest BCUT2D eigenvalue weighted by molar-refractivity contribution is 5.49. The molecule has 0 aliphatic rings. The molecule has 4 heteroatoms. The fourth-order valence-corrected chi connectivity index (χ4v) is 1.85. The van der Waals surface area contributed by atoms with Crippen LogP contribution in [0.3, 0.4) is 0 Å². The van der Waals surface area contributed by atoms with Crippen LogP contribution in [0.5, 0.6) is 5.88 Å². The summed E-state index contributed by atoms with van der Waals surface area (Å²) in [6, 6.07) is 0. The lowest BCUT2D eigenvalue weighted by Crippen LogP contribution is -2.31. The molecule has 0 unspecified atom stereocenters. The SMILES string of the molecule is CCCC(C)(C)Nc1ncnc(OCC)c1C. The summed E-state index contributed by atoms with van der Waals surface area (Å²) in [5, 5.41) is 3.46. The molecule has 17 heavy (non-hydrogen) atoms. The van der Waals surface area contributed by atoms with Crippen molar-refractivity contribution in [2.24, 2.45) is 0 Å². The summed E-state index contributed by atoms with van der Waals surface area (Å²) in [5.74, 6) is 1.53. The highest BCUT2D eigenvalue weighted by Gasteiger charge is 2.19. The first-order chi connectivity index (χ1) is 8.00. The van der Waals surface area contributed by atoms with E-state index in [1.54, 1.807) is 6.33 Å². The molecule has 0 saturated carbocycles. The van der Waals surface area contributed by atoms with Crippen molar-refractivity contribution in [1.29, 1.82) is 0 Å². The van der Waals surface area contributed by atoms with E-state index in [1.807, 2.05) is 13.8 Å². The third-order valence-corrected chi connectivity index (χ3v) is 2.65. The summed E-state index contributed by atoms with van der Waals surface area (Å²) in [5.41, 5.74) is 1.01. The van der Waals surface area contributed by atoms with Crippen molar-refractivity contribution in [3.05, 3.63) is 11.9 Å². The molecule has 1 N–H and O–H groups in total. The van der Waals surface area contributed by atoms with Crippen molar-refractivity contribution in [3.63, 3.8) is 0 Å². The van der Waals surface area contributed by atoms with E-state index in [1.165, 1.54) is 0 Å². The van der Waals surface area contributed by atoms with E-state index in [9.17, 15) is 0 Å². The van der Waals surface area contributed by atoms with E-state index in [0.717, 1.165) is 24.2 Å². The molecule has 0 radical (unpaired) electrons. The Hall–Kier alpha value is -1.32. The molecule has 0 amide bonds. The number of anilines is 1. The minimum atomic E-state index is 0.0390. The maximum atomic E-state index is 5.46. The van der Waals surface area contributed by atoms with Gasteiger partial charge in [-0.1, -0.05) is 13.3 Å². The first kappa shape index (κ1) is 13.7. The molecule has 0 aliphatic heterocycles. The van der Waals surface area contributed by atoms with Crippen molar-refractivity contribution in [2.45, 2.75) is 53.0 Å². The van der Waals surface area contributed by atoms with Gasteiger partial charge >= 0.3 is 0 Å². The van der Waals surface area contributed by atoms with Gasteiger partial charge < -0.3 is 10.1 Å². The van der Waals surface area contributed by atoms with E-state index in [2.05, 4.69) is 36.1 Å². The molecule has 0 spiro atoms. The van der Waals surface area contributed by atoms with E-state index >= 15 is 0 Å². The zero-order chi connectivity index (χ0) is 12.9. The molecular weight excluding hydrogens is 214 g/mol. The number of hydrogen-bond acceptors (Lipinski definition) is 4. The van der Waals surface area contributed by atoms with Crippen LogP contribution in [0.2, 0.25) is 0 Å². The van der Waals surface area contributed by atoms with Crippen LogP contribution in [-0.2, 0) is 0 Å². The van der Waals surface area contributed by atoms with Gasteiger partial charge in [-0.05, 0) is 34.1 Å². The number of aromatic nitrogens is 2. The van der Waals surface area contributed by atoms with Gasteiger partial charge in [0, 0.05) is 5.54 Å². The Morgan fingerprint density at radius 2 is 2.00 bits per heavy atom. The Morgan fingerprint density at radius 3 is 2.59 bits per heavy atom. The van der Waals surface area contributed by atoms with Crippen molar-refractivity contribution in [2.75, 3.05) is 11.9 Å². The number of nitrogens with zero attached hydrogens (tertiary/aromatic N) is 2. The highest BCUT2D eigenvalue weighted by Crippen LogP contribution is 2.24.